The van der Waals surface area contributed by atoms with Gasteiger partial charge in [-0.1, -0.05) is 13.3 Å². The molecule has 1 rings (SSSR count). The van der Waals surface area contributed by atoms with E-state index in [1.54, 1.807) is 0 Å². The molecule has 0 amide bonds. The van der Waals surface area contributed by atoms with E-state index in [0.717, 1.165) is 0 Å². The van der Waals surface area contributed by atoms with Gasteiger partial charge in [-0.15, -0.1) is 0 Å². The second-order valence-corrected chi connectivity index (χ2v) is 5.01. The van der Waals surface area contributed by atoms with Gasteiger partial charge in [0.05, 0.1) is 12.2 Å². The maximum Gasteiger partial charge on any atom is 0.482 e. The first kappa shape index (κ1) is 20.3. The second kappa shape index (κ2) is 6.26. The van der Waals surface area contributed by atoms with Crippen LogP contribution in [0.4, 0.5) is 43.9 Å². The summed E-state index contributed by atoms with van der Waals surface area (Å²) in [6, 6.07) is 0. The highest BCUT2D eigenvalue weighted by atomic mass is 19.4. The van der Waals surface area contributed by atoms with E-state index in [2.05, 4.69) is 9.47 Å². The van der Waals surface area contributed by atoms with Gasteiger partial charge in [0.15, 0.2) is 0 Å². The average Bonchev–Trinajstić information content (AvgIpc) is 2.67. The van der Waals surface area contributed by atoms with Gasteiger partial charge in [-0.05, 0) is 18.8 Å². The summed E-state index contributed by atoms with van der Waals surface area (Å²) < 4.78 is 131. The first-order valence-corrected chi connectivity index (χ1v) is 6.37. The van der Waals surface area contributed by atoms with Crippen LogP contribution in [0.25, 0.3) is 0 Å². The maximum atomic E-state index is 12.9. The zero-order valence-electron chi connectivity index (χ0n) is 11.4. The zero-order chi connectivity index (χ0) is 18.3. The summed E-state index contributed by atoms with van der Waals surface area (Å²) in [5, 5.41) is 0. The Morgan fingerprint density at radius 1 is 0.739 bits per heavy atom. The summed E-state index contributed by atoms with van der Waals surface area (Å²) >= 11 is 0. The van der Waals surface area contributed by atoms with E-state index in [-0.39, 0.29) is 12.8 Å². The van der Waals surface area contributed by atoms with Crippen LogP contribution in [0.1, 0.15) is 26.2 Å². The SMILES string of the molecule is CCC1CCC(OC(F)(F)C(F)(F)F)C1OC(F)(F)C(F)(F)F. The van der Waals surface area contributed by atoms with E-state index in [0.29, 0.717) is 0 Å². The molecular formula is C11H12F10O2. The van der Waals surface area contributed by atoms with Crippen LogP contribution in [-0.2, 0) is 9.47 Å². The van der Waals surface area contributed by atoms with Crippen LogP contribution < -0.4 is 0 Å². The Hall–Kier alpha value is -0.780. The van der Waals surface area contributed by atoms with Gasteiger partial charge in [0.25, 0.3) is 0 Å². The van der Waals surface area contributed by atoms with Crippen molar-refractivity contribution in [1.82, 2.24) is 0 Å². The highest BCUT2D eigenvalue weighted by Crippen LogP contribution is 2.45. The minimum atomic E-state index is -6.13. The van der Waals surface area contributed by atoms with Crippen molar-refractivity contribution in [3.8, 4) is 0 Å². The lowest BCUT2D eigenvalue weighted by molar-refractivity contribution is -0.431. The van der Waals surface area contributed by atoms with Gasteiger partial charge < -0.3 is 9.47 Å². The fourth-order valence-corrected chi connectivity index (χ4v) is 2.24. The van der Waals surface area contributed by atoms with E-state index in [1.165, 1.54) is 6.92 Å². The first-order chi connectivity index (χ1) is 10.1. The zero-order valence-corrected chi connectivity index (χ0v) is 11.4. The van der Waals surface area contributed by atoms with Crippen LogP contribution >= 0.6 is 0 Å². The van der Waals surface area contributed by atoms with Crippen LogP contribution in [0.3, 0.4) is 0 Å². The molecule has 0 N–H and O–H groups in total. The van der Waals surface area contributed by atoms with Crippen LogP contribution in [0.2, 0.25) is 0 Å². The highest BCUT2D eigenvalue weighted by molar-refractivity contribution is 4.89. The lowest BCUT2D eigenvalue weighted by atomic mass is 10.0. The lowest BCUT2D eigenvalue weighted by Crippen LogP contribution is -2.49. The van der Waals surface area contributed by atoms with Crippen LogP contribution in [0, 0.1) is 5.92 Å². The van der Waals surface area contributed by atoms with Crippen molar-refractivity contribution in [2.45, 2.75) is 63.0 Å². The number of alkyl halides is 10. The van der Waals surface area contributed by atoms with Gasteiger partial charge in [-0.2, -0.15) is 43.9 Å². The highest BCUT2D eigenvalue weighted by Gasteiger charge is 2.65. The molecule has 0 aromatic carbocycles. The summed E-state index contributed by atoms with van der Waals surface area (Å²) in [5.74, 6) is -1.07. The standard InChI is InChI=1S/C11H12F10O2/c1-2-5-3-4-6(22-10(18,19)8(12,13)14)7(5)23-11(20,21)9(15,16)17/h5-7H,2-4H2,1H3. The Labute approximate surface area is 123 Å². The van der Waals surface area contributed by atoms with Crippen molar-refractivity contribution < 1.29 is 53.4 Å². The Kier molecular flexibility index (Phi) is 5.52. The minimum Gasteiger partial charge on any atom is -0.307 e. The molecule has 0 aromatic rings. The Bertz CT molecular complexity index is 403. The third kappa shape index (κ3) is 4.40. The average molecular weight is 366 g/mol. The number of rotatable bonds is 5. The third-order valence-corrected chi connectivity index (χ3v) is 3.42. The fraction of sp³-hybridized carbons (Fsp3) is 1.00. The molecule has 3 unspecified atom stereocenters. The molecule has 0 heterocycles. The molecule has 1 aliphatic rings. The number of hydrogen-bond donors (Lipinski definition) is 0. The fourth-order valence-electron chi connectivity index (χ4n) is 2.24. The second-order valence-electron chi connectivity index (χ2n) is 5.01. The molecule has 0 saturated heterocycles. The maximum absolute atomic E-state index is 12.9. The molecular weight excluding hydrogens is 354 g/mol. The summed E-state index contributed by atoms with van der Waals surface area (Å²) in [6.07, 6.45) is -28.9. The van der Waals surface area contributed by atoms with E-state index >= 15 is 0 Å². The molecule has 12 heteroatoms. The predicted molar refractivity (Wildman–Crippen MR) is 54.8 cm³/mol. The van der Waals surface area contributed by atoms with Gasteiger partial charge in [-0.3, -0.25) is 0 Å². The number of hydrogen-bond acceptors (Lipinski definition) is 2. The molecule has 1 fully saturated rings. The Balaban J connectivity index is 2.96. The summed E-state index contributed by atoms with van der Waals surface area (Å²) in [5.41, 5.74) is 0. The summed E-state index contributed by atoms with van der Waals surface area (Å²) in [7, 11) is 0. The van der Waals surface area contributed by atoms with Crippen LogP contribution in [0.15, 0.2) is 0 Å². The smallest absolute Gasteiger partial charge is 0.307 e. The van der Waals surface area contributed by atoms with Crippen molar-refractivity contribution >= 4 is 0 Å². The van der Waals surface area contributed by atoms with Crippen molar-refractivity contribution in [1.29, 1.82) is 0 Å². The molecule has 1 saturated carbocycles. The molecule has 0 aromatic heterocycles. The Morgan fingerprint density at radius 3 is 1.57 bits per heavy atom. The predicted octanol–water partition coefficient (Wildman–Crippen LogP) is 4.89. The molecule has 0 spiro atoms. The van der Waals surface area contributed by atoms with Crippen molar-refractivity contribution in [2.75, 3.05) is 0 Å². The molecule has 138 valence electrons. The van der Waals surface area contributed by atoms with E-state index in [1.807, 2.05) is 0 Å². The quantitative estimate of drug-likeness (QED) is 0.646. The van der Waals surface area contributed by atoms with Gasteiger partial charge in [0.1, 0.15) is 0 Å². The molecule has 2 nitrogen and oxygen atoms in total. The van der Waals surface area contributed by atoms with Gasteiger partial charge >= 0.3 is 24.6 Å². The monoisotopic (exact) mass is 366 g/mol. The van der Waals surface area contributed by atoms with Crippen LogP contribution in [0.5, 0.6) is 0 Å². The molecule has 3 atom stereocenters. The number of halogens is 10. The largest absolute Gasteiger partial charge is 0.482 e. The lowest BCUT2D eigenvalue weighted by Gasteiger charge is -2.32. The van der Waals surface area contributed by atoms with E-state index in [9.17, 15) is 43.9 Å². The topological polar surface area (TPSA) is 18.5 Å². The molecule has 23 heavy (non-hydrogen) atoms. The summed E-state index contributed by atoms with van der Waals surface area (Å²) in [6.45, 7) is 1.34. The minimum absolute atomic E-state index is 0.0595. The van der Waals surface area contributed by atoms with Crippen molar-refractivity contribution in [3.05, 3.63) is 0 Å². The molecule has 0 aliphatic heterocycles. The van der Waals surface area contributed by atoms with Gasteiger partial charge in [0, 0.05) is 0 Å². The van der Waals surface area contributed by atoms with Gasteiger partial charge in [0.2, 0.25) is 0 Å². The van der Waals surface area contributed by atoms with Crippen molar-refractivity contribution in [2.24, 2.45) is 5.92 Å². The normalized spacial score (nSPS) is 27.5. The molecule has 1 aliphatic carbocycles. The van der Waals surface area contributed by atoms with Crippen molar-refractivity contribution in [3.63, 3.8) is 0 Å². The van der Waals surface area contributed by atoms with Gasteiger partial charge in [-0.25, -0.2) is 0 Å². The Morgan fingerprint density at radius 2 is 1.17 bits per heavy atom. The number of ether oxygens (including phenoxy) is 2. The first-order valence-electron chi connectivity index (χ1n) is 6.37. The summed E-state index contributed by atoms with van der Waals surface area (Å²) in [4.78, 5) is 0. The van der Waals surface area contributed by atoms with E-state index in [4.69, 9.17) is 0 Å². The van der Waals surface area contributed by atoms with E-state index < -0.39 is 49.1 Å². The molecule has 0 radical (unpaired) electrons. The van der Waals surface area contributed by atoms with Crippen LogP contribution in [-0.4, -0.2) is 36.8 Å². The third-order valence-electron chi connectivity index (χ3n) is 3.42. The molecule has 0 bridgehead atoms.